The van der Waals surface area contributed by atoms with Crippen LogP contribution in [0.2, 0.25) is 0 Å². The molecule has 3 aromatic carbocycles. The number of nitrogens with zero attached hydrogens (tertiary/aromatic N) is 4. The monoisotopic (exact) mass is 474 g/mol. The number of hydrazone groups is 1. The molecule has 1 amide bonds. The first-order valence-electron chi connectivity index (χ1n) is 11.7. The van der Waals surface area contributed by atoms with Crippen molar-refractivity contribution in [3.8, 4) is 22.7 Å². The number of rotatable bonds is 7. The Bertz CT molecular complexity index is 1480. The minimum atomic E-state index is -0.165. The smallest absolute Gasteiger partial charge is 0.280 e. The van der Waals surface area contributed by atoms with Crippen molar-refractivity contribution in [1.29, 1.82) is 0 Å². The number of amides is 1. The van der Waals surface area contributed by atoms with E-state index < -0.39 is 0 Å². The fourth-order valence-electron chi connectivity index (χ4n) is 4.15. The van der Waals surface area contributed by atoms with E-state index in [4.69, 9.17) is 9.84 Å². The SMILES string of the molecule is C=CCOc1ccc(-c2nn(-c3ccccc3)cc2C=C2C(=O)N(c3ccccc3)N=C2C)c(C)c1. The first-order valence-corrected chi connectivity index (χ1v) is 11.7. The van der Waals surface area contributed by atoms with Crippen molar-refractivity contribution in [2.24, 2.45) is 5.10 Å². The number of carbonyl (C=O) groups excluding carboxylic acids is 1. The molecule has 178 valence electrons. The Balaban J connectivity index is 1.59. The predicted molar refractivity (Wildman–Crippen MR) is 144 cm³/mol. The van der Waals surface area contributed by atoms with E-state index in [9.17, 15) is 4.79 Å². The molecule has 2 heterocycles. The lowest BCUT2D eigenvalue weighted by molar-refractivity contribution is -0.114. The van der Waals surface area contributed by atoms with Crippen molar-refractivity contribution in [3.63, 3.8) is 0 Å². The Morgan fingerprint density at radius 1 is 0.944 bits per heavy atom. The van der Waals surface area contributed by atoms with Gasteiger partial charge in [0.05, 0.1) is 22.7 Å². The van der Waals surface area contributed by atoms with Gasteiger partial charge in [-0.05, 0) is 68.0 Å². The van der Waals surface area contributed by atoms with E-state index in [-0.39, 0.29) is 5.91 Å². The molecule has 0 spiro atoms. The number of ether oxygens (including phenoxy) is 1. The zero-order valence-corrected chi connectivity index (χ0v) is 20.3. The fraction of sp³-hybridized carbons (Fsp3) is 0.100. The zero-order chi connectivity index (χ0) is 25.1. The van der Waals surface area contributed by atoms with Crippen molar-refractivity contribution < 1.29 is 9.53 Å². The summed E-state index contributed by atoms with van der Waals surface area (Å²) >= 11 is 0. The van der Waals surface area contributed by atoms with Crippen LogP contribution in [0.15, 0.2) is 108 Å². The van der Waals surface area contributed by atoms with Crippen LogP contribution < -0.4 is 9.75 Å². The predicted octanol–water partition coefficient (Wildman–Crippen LogP) is 6.22. The van der Waals surface area contributed by atoms with Crippen LogP contribution in [0.1, 0.15) is 18.1 Å². The van der Waals surface area contributed by atoms with Crippen LogP contribution in [0.25, 0.3) is 23.0 Å². The highest BCUT2D eigenvalue weighted by molar-refractivity contribution is 6.32. The molecule has 36 heavy (non-hydrogen) atoms. The van der Waals surface area contributed by atoms with Crippen LogP contribution >= 0.6 is 0 Å². The topological polar surface area (TPSA) is 59.7 Å². The lowest BCUT2D eigenvalue weighted by Gasteiger charge is -2.11. The second kappa shape index (κ2) is 9.88. The molecular weight excluding hydrogens is 448 g/mol. The van der Waals surface area contributed by atoms with Crippen molar-refractivity contribution >= 4 is 23.4 Å². The molecule has 1 aliphatic rings. The van der Waals surface area contributed by atoms with E-state index in [1.165, 1.54) is 5.01 Å². The first-order chi connectivity index (χ1) is 17.5. The average Bonchev–Trinajstić information content (AvgIpc) is 3.45. The van der Waals surface area contributed by atoms with Crippen LogP contribution in [-0.4, -0.2) is 28.0 Å². The Morgan fingerprint density at radius 3 is 2.31 bits per heavy atom. The number of aryl methyl sites for hydroxylation is 1. The highest BCUT2D eigenvalue weighted by Gasteiger charge is 2.29. The molecule has 1 aromatic heterocycles. The standard InChI is InChI=1S/C30H26N4O2/c1-4-17-36-26-15-16-27(21(2)18-26)29-23(20-33(32-29)24-11-7-5-8-12-24)19-28-22(3)31-34(30(28)35)25-13-9-6-10-14-25/h4-16,18-20H,1,17H2,2-3H3. The summed E-state index contributed by atoms with van der Waals surface area (Å²) in [6.45, 7) is 8.03. The number of aromatic nitrogens is 2. The summed E-state index contributed by atoms with van der Waals surface area (Å²) < 4.78 is 7.54. The lowest BCUT2D eigenvalue weighted by Crippen LogP contribution is -2.21. The third kappa shape index (κ3) is 4.49. The average molecular weight is 475 g/mol. The van der Waals surface area contributed by atoms with Gasteiger partial charge < -0.3 is 4.74 Å². The van der Waals surface area contributed by atoms with Gasteiger partial charge in [-0.2, -0.15) is 15.2 Å². The van der Waals surface area contributed by atoms with E-state index in [1.807, 2.05) is 110 Å². The molecule has 4 aromatic rings. The number of benzene rings is 3. The van der Waals surface area contributed by atoms with Gasteiger partial charge in [0.25, 0.3) is 5.91 Å². The van der Waals surface area contributed by atoms with Crippen LogP contribution in [0.3, 0.4) is 0 Å². The molecule has 0 fully saturated rings. The summed E-state index contributed by atoms with van der Waals surface area (Å²) in [6.07, 6.45) is 5.55. The molecule has 6 heteroatoms. The highest BCUT2D eigenvalue weighted by Crippen LogP contribution is 2.32. The molecule has 0 radical (unpaired) electrons. The number of hydrogen-bond acceptors (Lipinski definition) is 4. The van der Waals surface area contributed by atoms with Gasteiger partial charge in [0.2, 0.25) is 0 Å². The minimum absolute atomic E-state index is 0.165. The number of anilines is 1. The van der Waals surface area contributed by atoms with Crippen LogP contribution in [-0.2, 0) is 4.79 Å². The molecule has 0 aliphatic carbocycles. The van der Waals surface area contributed by atoms with Gasteiger partial charge in [0, 0.05) is 17.3 Å². The minimum Gasteiger partial charge on any atom is -0.490 e. The molecule has 1 aliphatic heterocycles. The molecule has 6 nitrogen and oxygen atoms in total. The first kappa shape index (κ1) is 23.1. The molecule has 0 bridgehead atoms. The van der Waals surface area contributed by atoms with Crippen molar-refractivity contribution in [1.82, 2.24) is 9.78 Å². The second-order valence-electron chi connectivity index (χ2n) is 8.49. The van der Waals surface area contributed by atoms with Gasteiger partial charge >= 0.3 is 0 Å². The lowest BCUT2D eigenvalue weighted by atomic mass is 10.0. The molecule has 0 atom stereocenters. The number of hydrogen-bond donors (Lipinski definition) is 0. The van der Waals surface area contributed by atoms with Gasteiger partial charge in [-0.15, -0.1) is 0 Å². The normalized spacial score (nSPS) is 14.3. The summed E-state index contributed by atoms with van der Waals surface area (Å²) in [4.78, 5) is 13.3. The van der Waals surface area contributed by atoms with Gasteiger partial charge in [-0.25, -0.2) is 4.68 Å². The van der Waals surface area contributed by atoms with Crippen molar-refractivity contribution in [2.45, 2.75) is 13.8 Å². The summed E-state index contributed by atoms with van der Waals surface area (Å²) in [5, 5.41) is 10.9. The Kier molecular flexibility index (Phi) is 6.33. The fourth-order valence-corrected chi connectivity index (χ4v) is 4.15. The van der Waals surface area contributed by atoms with Crippen molar-refractivity contribution in [3.05, 3.63) is 114 Å². The van der Waals surface area contributed by atoms with Gasteiger partial charge in [-0.1, -0.05) is 49.1 Å². The molecule has 0 N–H and O–H groups in total. The zero-order valence-electron chi connectivity index (χ0n) is 20.3. The largest absolute Gasteiger partial charge is 0.490 e. The third-order valence-corrected chi connectivity index (χ3v) is 5.95. The van der Waals surface area contributed by atoms with Crippen LogP contribution in [0.4, 0.5) is 5.69 Å². The molecule has 0 saturated heterocycles. The summed E-state index contributed by atoms with van der Waals surface area (Å²) in [5.41, 5.74) is 6.44. The van der Waals surface area contributed by atoms with Gasteiger partial charge in [0.1, 0.15) is 18.1 Å². The number of para-hydroxylation sites is 2. The Hall–Kier alpha value is -4.71. The van der Waals surface area contributed by atoms with Gasteiger partial charge in [-0.3, -0.25) is 4.79 Å². The van der Waals surface area contributed by atoms with Crippen LogP contribution in [0, 0.1) is 6.92 Å². The summed E-state index contributed by atoms with van der Waals surface area (Å²) in [6, 6.07) is 25.3. The third-order valence-electron chi connectivity index (χ3n) is 5.95. The maximum absolute atomic E-state index is 13.3. The Labute approximate surface area is 210 Å². The highest BCUT2D eigenvalue weighted by atomic mass is 16.5. The van der Waals surface area contributed by atoms with E-state index >= 15 is 0 Å². The maximum Gasteiger partial charge on any atom is 0.280 e. The van der Waals surface area contributed by atoms with E-state index in [0.29, 0.717) is 17.9 Å². The number of carbonyl (C=O) groups is 1. The quantitative estimate of drug-likeness (QED) is 0.236. The molecule has 0 unspecified atom stereocenters. The Morgan fingerprint density at radius 2 is 1.64 bits per heavy atom. The molecule has 0 saturated carbocycles. The molecular formula is C30H26N4O2. The maximum atomic E-state index is 13.3. The van der Waals surface area contributed by atoms with Crippen LogP contribution in [0.5, 0.6) is 5.75 Å². The van der Waals surface area contributed by atoms with E-state index in [2.05, 4.69) is 11.7 Å². The van der Waals surface area contributed by atoms with Gasteiger partial charge in [0.15, 0.2) is 0 Å². The second-order valence-corrected chi connectivity index (χ2v) is 8.49. The van der Waals surface area contributed by atoms with Crippen molar-refractivity contribution in [2.75, 3.05) is 11.6 Å². The van der Waals surface area contributed by atoms with E-state index in [0.717, 1.165) is 39.5 Å². The summed E-state index contributed by atoms with van der Waals surface area (Å²) in [7, 11) is 0. The summed E-state index contributed by atoms with van der Waals surface area (Å²) in [5.74, 6) is 0.605. The molecule has 5 rings (SSSR count). The van der Waals surface area contributed by atoms with E-state index in [1.54, 1.807) is 6.08 Å².